The van der Waals surface area contributed by atoms with E-state index < -0.39 is 17.9 Å². The van der Waals surface area contributed by atoms with Crippen molar-refractivity contribution in [3.63, 3.8) is 0 Å². The van der Waals surface area contributed by atoms with Crippen molar-refractivity contribution in [2.75, 3.05) is 38.8 Å². The molecule has 0 unspecified atom stereocenters. The van der Waals surface area contributed by atoms with Gasteiger partial charge in [-0.15, -0.1) is 0 Å². The van der Waals surface area contributed by atoms with Gasteiger partial charge in [0.2, 0.25) is 11.8 Å². The highest BCUT2D eigenvalue weighted by atomic mass is 16.5. The number of ether oxygens (including phenoxy) is 2. The van der Waals surface area contributed by atoms with Gasteiger partial charge in [0.15, 0.2) is 0 Å². The summed E-state index contributed by atoms with van der Waals surface area (Å²) in [5.74, 6) is -0.119. The number of carbonyl (C=O) groups is 3. The largest absolute Gasteiger partial charge is 0.496 e. The molecule has 1 spiro atoms. The van der Waals surface area contributed by atoms with Crippen LogP contribution in [0, 0.1) is 5.41 Å². The number of anilines is 1. The molecule has 0 atom stereocenters. The number of benzene rings is 2. The summed E-state index contributed by atoms with van der Waals surface area (Å²) in [4.78, 5) is 42.4. The number of piperidine rings is 1. The maximum Gasteiger partial charge on any atom is 0.257 e. The van der Waals surface area contributed by atoms with Gasteiger partial charge in [-0.05, 0) is 49.1 Å². The van der Waals surface area contributed by atoms with Crippen LogP contribution in [0.5, 0.6) is 11.5 Å². The molecule has 5 rings (SSSR count). The highest BCUT2D eigenvalue weighted by molar-refractivity contribution is 6.03. The Bertz CT molecular complexity index is 1390. The van der Waals surface area contributed by atoms with Crippen LogP contribution in [-0.4, -0.2) is 71.8 Å². The van der Waals surface area contributed by atoms with Crippen LogP contribution in [0.1, 0.15) is 45.5 Å². The van der Waals surface area contributed by atoms with E-state index in [0.717, 1.165) is 16.8 Å². The topological polar surface area (TPSA) is 151 Å². The summed E-state index contributed by atoms with van der Waals surface area (Å²) in [5, 5.41) is 16.7. The second-order valence-corrected chi connectivity index (χ2v) is 9.89. The quantitative estimate of drug-likeness (QED) is 0.422. The SMILES string of the molecule is COc1cc(N2CCC3(CCN(C(=O)c4c(CO)cc(C(N)=O)cc4OC)CC3)C2=O)ccc1-c1cn[nH]c1. The number of amides is 3. The van der Waals surface area contributed by atoms with E-state index in [1.165, 1.54) is 19.2 Å². The molecule has 0 aliphatic carbocycles. The first kappa shape index (κ1) is 26.2. The molecule has 3 aromatic rings. The lowest BCUT2D eigenvalue weighted by Crippen LogP contribution is -2.47. The maximum absolute atomic E-state index is 13.7. The first-order chi connectivity index (χ1) is 18.8. The van der Waals surface area contributed by atoms with Gasteiger partial charge in [0, 0.05) is 54.3 Å². The van der Waals surface area contributed by atoms with E-state index >= 15 is 0 Å². The lowest BCUT2D eigenvalue weighted by Gasteiger charge is -2.38. The highest BCUT2D eigenvalue weighted by Gasteiger charge is 2.49. The number of rotatable bonds is 7. The highest BCUT2D eigenvalue weighted by Crippen LogP contribution is 2.45. The molecule has 3 amide bonds. The molecule has 0 saturated carbocycles. The van der Waals surface area contributed by atoms with Crippen LogP contribution in [0.2, 0.25) is 0 Å². The first-order valence-electron chi connectivity index (χ1n) is 12.7. The minimum Gasteiger partial charge on any atom is -0.496 e. The van der Waals surface area contributed by atoms with Crippen LogP contribution < -0.4 is 20.1 Å². The van der Waals surface area contributed by atoms with Crippen molar-refractivity contribution in [3.05, 3.63) is 59.4 Å². The molecule has 204 valence electrons. The molecular weight excluding hydrogens is 502 g/mol. The van der Waals surface area contributed by atoms with Gasteiger partial charge in [-0.1, -0.05) is 0 Å². The molecule has 1 aromatic heterocycles. The molecule has 2 fully saturated rings. The maximum atomic E-state index is 13.7. The van der Waals surface area contributed by atoms with Crippen molar-refractivity contribution < 1.29 is 29.0 Å². The molecule has 2 aromatic carbocycles. The van der Waals surface area contributed by atoms with Gasteiger partial charge in [-0.2, -0.15) is 5.10 Å². The number of nitrogens with zero attached hydrogens (tertiary/aromatic N) is 3. The third kappa shape index (κ3) is 4.59. The van der Waals surface area contributed by atoms with E-state index in [4.69, 9.17) is 15.2 Å². The Labute approximate surface area is 225 Å². The lowest BCUT2D eigenvalue weighted by molar-refractivity contribution is -0.127. The van der Waals surface area contributed by atoms with Crippen molar-refractivity contribution in [1.82, 2.24) is 15.1 Å². The molecule has 0 radical (unpaired) electrons. The second-order valence-electron chi connectivity index (χ2n) is 9.89. The summed E-state index contributed by atoms with van der Waals surface area (Å²) in [7, 11) is 2.99. The Morgan fingerprint density at radius 1 is 1.08 bits per heavy atom. The number of primary amides is 1. The van der Waals surface area contributed by atoms with Crippen LogP contribution in [0.4, 0.5) is 5.69 Å². The molecule has 4 N–H and O–H groups in total. The summed E-state index contributed by atoms with van der Waals surface area (Å²) in [6.45, 7) is 0.893. The molecular formula is C28H31N5O6. The fourth-order valence-corrected chi connectivity index (χ4v) is 5.66. The number of carbonyl (C=O) groups excluding carboxylic acids is 3. The van der Waals surface area contributed by atoms with Crippen molar-refractivity contribution in [2.45, 2.75) is 25.9 Å². The summed E-state index contributed by atoms with van der Waals surface area (Å²) < 4.78 is 11.0. The summed E-state index contributed by atoms with van der Waals surface area (Å²) in [5.41, 5.74) is 8.00. The summed E-state index contributed by atoms with van der Waals surface area (Å²) in [6, 6.07) is 8.53. The molecule has 11 nitrogen and oxygen atoms in total. The van der Waals surface area contributed by atoms with Gasteiger partial charge >= 0.3 is 0 Å². The van der Waals surface area contributed by atoms with Crippen molar-refractivity contribution >= 4 is 23.4 Å². The molecule has 3 heterocycles. The molecule has 2 saturated heterocycles. The number of hydrogen-bond donors (Lipinski definition) is 3. The van der Waals surface area contributed by atoms with Crippen molar-refractivity contribution in [1.29, 1.82) is 0 Å². The van der Waals surface area contributed by atoms with Crippen LogP contribution in [0.3, 0.4) is 0 Å². The second kappa shape index (κ2) is 10.4. The molecule has 2 aliphatic rings. The molecule has 2 aliphatic heterocycles. The number of hydrogen-bond acceptors (Lipinski definition) is 7. The third-order valence-corrected chi connectivity index (χ3v) is 7.90. The number of aromatic nitrogens is 2. The minimum absolute atomic E-state index is 0.0483. The Balaban J connectivity index is 1.32. The van der Waals surface area contributed by atoms with Gasteiger partial charge in [0.05, 0.1) is 38.0 Å². The number of nitrogens with one attached hydrogen (secondary N) is 1. The fourth-order valence-electron chi connectivity index (χ4n) is 5.66. The lowest BCUT2D eigenvalue weighted by atomic mass is 9.77. The van der Waals surface area contributed by atoms with Crippen LogP contribution in [-0.2, 0) is 11.4 Å². The van der Waals surface area contributed by atoms with Gasteiger partial charge in [0.25, 0.3) is 5.91 Å². The fraction of sp³-hybridized carbons (Fsp3) is 0.357. The van der Waals surface area contributed by atoms with E-state index in [0.29, 0.717) is 44.6 Å². The van der Waals surface area contributed by atoms with E-state index in [-0.39, 0.29) is 34.3 Å². The smallest absolute Gasteiger partial charge is 0.257 e. The molecule has 11 heteroatoms. The Morgan fingerprint density at radius 2 is 1.79 bits per heavy atom. The van der Waals surface area contributed by atoms with Gasteiger partial charge in [-0.25, -0.2) is 0 Å². The van der Waals surface area contributed by atoms with Crippen LogP contribution >= 0.6 is 0 Å². The Kier molecular flexibility index (Phi) is 7.00. The average Bonchev–Trinajstić information content (AvgIpc) is 3.61. The average molecular weight is 534 g/mol. The number of aliphatic hydroxyl groups is 1. The normalized spacial score (nSPS) is 16.5. The zero-order chi connectivity index (χ0) is 27.7. The first-order valence-corrected chi connectivity index (χ1v) is 12.7. The Hall–Kier alpha value is -4.38. The third-order valence-electron chi connectivity index (χ3n) is 7.90. The predicted octanol–water partition coefficient (Wildman–Crippen LogP) is 2.34. The van der Waals surface area contributed by atoms with E-state index in [1.807, 2.05) is 18.2 Å². The van der Waals surface area contributed by atoms with Gasteiger partial charge in [-0.3, -0.25) is 19.5 Å². The number of likely N-dealkylation sites (tertiary alicyclic amines) is 1. The minimum atomic E-state index is -0.681. The van der Waals surface area contributed by atoms with Gasteiger partial charge < -0.3 is 30.1 Å². The number of methoxy groups -OCH3 is 2. The zero-order valence-corrected chi connectivity index (χ0v) is 21.9. The number of nitrogens with two attached hydrogens (primary N) is 1. The van der Waals surface area contributed by atoms with E-state index in [9.17, 15) is 19.5 Å². The van der Waals surface area contributed by atoms with Gasteiger partial charge in [0.1, 0.15) is 11.5 Å². The Morgan fingerprint density at radius 3 is 2.41 bits per heavy atom. The zero-order valence-electron chi connectivity index (χ0n) is 21.9. The molecule has 0 bridgehead atoms. The van der Waals surface area contributed by atoms with Crippen LogP contribution in [0.25, 0.3) is 11.1 Å². The van der Waals surface area contributed by atoms with E-state index in [1.54, 1.807) is 29.3 Å². The van der Waals surface area contributed by atoms with E-state index in [2.05, 4.69) is 10.2 Å². The molecule has 39 heavy (non-hydrogen) atoms. The monoisotopic (exact) mass is 533 g/mol. The number of aliphatic hydroxyl groups excluding tert-OH is 1. The number of aromatic amines is 1. The summed E-state index contributed by atoms with van der Waals surface area (Å²) >= 11 is 0. The van der Waals surface area contributed by atoms with Crippen molar-refractivity contribution in [2.24, 2.45) is 11.1 Å². The standard InChI is InChI=1S/C28H31N5O6/c1-38-22-13-20(3-4-21(22)19-14-30-31-15-19)33-10-7-28(27(33)37)5-8-32(9-6-28)26(36)24-18(16-34)11-17(25(29)35)12-23(24)39-2/h3-4,11-15,34H,5-10,16H2,1-2H3,(H2,29,35)(H,30,31). The number of H-pyrrole nitrogens is 1. The predicted molar refractivity (Wildman–Crippen MR) is 143 cm³/mol. The van der Waals surface area contributed by atoms with Crippen molar-refractivity contribution in [3.8, 4) is 22.6 Å². The summed E-state index contributed by atoms with van der Waals surface area (Å²) in [6.07, 6.45) is 5.24. The van der Waals surface area contributed by atoms with Crippen LogP contribution in [0.15, 0.2) is 42.7 Å².